The summed E-state index contributed by atoms with van der Waals surface area (Å²) in [5.41, 5.74) is 2.05. The Kier molecular flexibility index (Phi) is 3.06. The molecule has 0 aliphatic carbocycles. The lowest BCUT2D eigenvalue weighted by atomic mass is 10.1. The van der Waals surface area contributed by atoms with Crippen molar-refractivity contribution in [1.82, 2.24) is 0 Å². The van der Waals surface area contributed by atoms with E-state index in [9.17, 15) is 4.79 Å². The Morgan fingerprint density at radius 1 is 1.62 bits per heavy atom. The molecule has 4 heteroatoms. The van der Waals surface area contributed by atoms with Crippen LogP contribution in [0.25, 0.3) is 0 Å². The van der Waals surface area contributed by atoms with Gasteiger partial charge in [-0.15, -0.1) is 0 Å². The van der Waals surface area contributed by atoms with Crippen molar-refractivity contribution in [2.45, 2.75) is 25.8 Å². The summed E-state index contributed by atoms with van der Waals surface area (Å²) in [6.45, 7) is 2.63. The van der Waals surface area contributed by atoms with Gasteiger partial charge in [-0.2, -0.15) is 0 Å². The van der Waals surface area contributed by atoms with E-state index in [1.807, 2.05) is 30.0 Å². The van der Waals surface area contributed by atoms with E-state index in [4.69, 9.17) is 16.7 Å². The highest BCUT2D eigenvalue weighted by Gasteiger charge is 2.30. The van der Waals surface area contributed by atoms with Crippen LogP contribution in [0.4, 0.5) is 5.69 Å². The second-order valence-electron chi connectivity index (χ2n) is 3.94. The second-order valence-corrected chi connectivity index (χ2v) is 4.35. The van der Waals surface area contributed by atoms with Crippen LogP contribution in [0.5, 0.6) is 0 Å². The summed E-state index contributed by atoms with van der Waals surface area (Å²) < 4.78 is 0. The van der Waals surface area contributed by atoms with E-state index in [1.165, 1.54) is 0 Å². The third-order valence-corrected chi connectivity index (χ3v) is 3.41. The first-order valence-electron chi connectivity index (χ1n) is 5.42. The molecular formula is C12H14ClNO2. The van der Waals surface area contributed by atoms with Crippen LogP contribution < -0.4 is 4.90 Å². The maximum absolute atomic E-state index is 11.1. The number of aliphatic carboxylic acids is 1. The third kappa shape index (κ3) is 1.76. The predicted octanol–water partition coefficient (Wildman–Crippen LogP) is 2.57. The lowest BCUT2D eigenvalue weighted by Crippen LogP contribution is -2.39. The van der Waals surface area contributed by atoms with Crippen molar-refractivity contribution in [3.8, 4) is 0 Å². The molecule has 1 N–H and O–H groups in total. The average molecular weight is 240 g/mol. The molecule has 0 spiro atoms. The maximum Gasteiger partial charge on any atom is 0.326 e. The van der Waals surface area contributed by atoms with E-state index in [1.54, 1.807) is 0 Å². The largest absolute Gasteiger partial charge is 0.480 e. The van der Waals surface area contributed by atoms with Crippen LogP contribution in [0.15, 0.2) is 18.2 Å². The molecule has 86 valence electrons. The molecule has 0 saturated carbocycles. The first-order valence-corrected chi connectivity index (χ1v) is 5.79. The van der Waals surface area contributed by atoms with E-state index >= 15 is 0 Å². The first-order chi connectivity index (χ1) is 7.65. The number of halogens is 1. The molecule has 3 nitrogen and oxygen atoms in total. The number of hydrogen-bond acceptors (Lipinski definition) is 2. The number of carboxylic acids is 1. The second kappa shape index (κ2) is 4.34. The van der Waals surface area contributed by atoms with Crippen molar-refractivity contribution in [2.24, 2.45) is 0 Å². The summed E-state index contributed by atoms with van der Waals surface area (Å²) in [6, 6.07) is 5.22. The van der Waals surface area contributed by atoms with Crippen molar-refractivity contribution in [3.05, 3.63) is 28.8 Å². The number of rotatable bonds is 3. The van der Waals surface area contributed by atoms with Gasteiger partial charge in [-0.1, -0.05) is 24.6 Å². The summed E-state index contributed by atoms with van der Waals surface area (Å²) in [7, 11) is 0. The van der Waals surface area contributed by atoms with Crippen molar-refractivity contribution < 1.29 is 9.90 Å². The highest BCUT2D eigenvalue weighted by atomic mass is 35.5. The molecule has 0 fully saturated rings. The fourth-order valence-corrected chi connectivity index (χ4v) is 2.53. The maximum atomic E-state index is 11.1. The fraction of sp³-hybridized carbons (Fsp3) is 0.417. The van der Waals surface area contributed by atoms with Crippen LogP contribution in [0.2, 0.25) is 5.02 Å². The number of fused-ring (bicyclic) bond motifs is 1. The van der Waals surface area contributed by atoms with Crippen LogP contribution >= 0.6 is 11.6 Å². The van der Waals surface area contributed by atoms with Crippen LogP contribution in [0.3, 0.4) is 0 Å². The minimum absolute atomic E-state index is 0.445. The minimum Gasteiger partial charge on any atom is -0.480 e. The summed E-state index contributed by atoms with van der Waals surface area (Å²) >= 11 is 6.09. The topological polar surface area (TPSA) is 40.5 Å². The zero-order valence-corrected chi connectivity index (χ0v) is 9.87. The molecule has 0 bridgehead atoms. The monoisotopic (exact) mass is 239 g/mol. The molecule has 0 radical (unpaired) electrons. The fourth-order valence-electron chi connectivity index (χ4n) is 2.27. The smallest absolute Gasteiger partial charge is 0.326 e. The zero-order chi connectivity index (χ0) is 11.7. The summed E-state index contributed by atoms with van der Waals surface area (Å²) in [5, 5.41) is 9.89. The first kappa shape index (κ1) is 11.3. The Hall–Kier alpha value is -1.22. The molecule has 1 aliphatic heterocycles. The Bertz CT molecular complexity index is 419. The van der Waals surface area contributed by atoms with Crippen LogP contribution in [-0.2, 0) is 11.2 Å². The number of benzene rings is 1. The van der Waals surface area contributed by atoms with Gasteiger partial charge < -0.3 is 10.0 Å². The van der Waals surface area contributed by atoms with Gasteiger partial charge in [0.15, 0.2) is 0 Å². The van der Waals surface area contributed by atoms with Gasteiger partial charge in [0.25, 0.3) is 0 Å². The molecule has 0 amide bonds. The van der Waals surface area contributed by atoms with Gasteiger partial charge in [-0.25, -0.2) is 4.79 Å². The Morgan fingerprint density at radius 3 is 3.00 bits per heavy atom. The van der Waals surface area contributed by atoms with Gasteiger partial charge in [0.2, 0.25) is 0 Å². The van der Waals surface area contributed by atoms with Gasteiger partial charge in [-0.3, -0.25) is 0 Å². The lowest BCUT2D eigenvalue weighted by Gasteiger charge is -2.26. The Labute approximate surface area is 99.6 Å². The SMILES string of the molecule is CCC(C(=O)O)N1CCc2c(Cl)cccc21. The molecule has 1 aromatic rings. The summed E-state index contributed by atoms with van der Waals surface area (Å²) in [6.07, 6.45) is 1.43. The minimum atomic E-state index is -0.768. The van der Waals surface area contributed by atoms with Crippen LogP contribution in [0.1, 0.15) is 18.9 Å². The molecule has 0 saturated heterocycles. The molecular weight excluding hydrogens is 226 g/mol. The van der Waals surface area contributed by atoms with Gasteiger partial charge in [0.1, 0.15) is 6.04 Å². The van der Waals surface area contributed by atoms with Gasteiger partial charge >= 0.3 is 5.97 Å². The number of hydrogen-bond donors (Lipinski definition) is 1. The van der Waals surface area contributed by atoms with E-state index in [0.717, 1.165) is 29.2 Å². The quantitative estimate of drug-likeness (QED) is 0.881. The van der Waals surface area contributed by atoms with E-state index in [0.29, 0.717) is 6.42 Å². The molecule has 1 heterocycles. The normalized spacial score (nSPS) is 16.0. The summed E-state index contributed by atoms with van der Waals surface area (Å²) in [5.74, 6) is -0.768. The molecule has 1 atom stereocenters. The lowest BCUT2D eigenvalue weighted by molar-refractivity contribution is -0.138. The van der Waals surface area contributed by atoms with Gasteiger partial charge in [-0.05, 0) is 30.5 Å². The van der Waals surface area contributed by atoms with E-state index in [2.05, 4.69) is 0 Å². The zero-order valence-electron chi connectivity index (χ0n) is 9.11. The Balaban J connectivity index is 2.36. The third-order valence-electron chi connectivity index (χ3n) is 3.05. The number of anilines is 1. The number of carbonyl (C=O) groups is 1. The highest BCUT2D eigenvalue weighted by molar-refractivity contribution is 6.31. The molecule has 1 aromatic carbocycles. The highest BCUT2D eigenvalue weighted by Crippen LogP contribution is 2.34. The molecule has 1 aliphatic rings. The average Bonchev–Trinajstić information content (AvgIpc) is 2.64. The van der Waals surface area contributed by atoms with E-state index < -0.39 is 12.0 Å². The molecule has 1 unspecified atom stereocenters. The van der Waals surface area contributed by atoms with Crippen molar-refractivity contribution >= 4 is 23.3 Å². The predicted molar refractivity (Wildman–Crippen MR) is 64.2 cm³/mol. The van der Waals surface area contributed by atoms with Crippen molar-refractivity contribution in [3.63, 3.8) is 0 Å². The van der Waals surface area contributed by atoms with Gasteiger partial charge in [0.05, 0.1) is 0 Å². The van der Waals surface area contributed by atoms with Crippen molar-refractivity contribution in [1.29, 1.82) is 0 Å². The van der Waals surface area contributed by atoms with Crippen molar-refractivity contribution in [2.75, 3.05) is 11.4 Å². The number of carboxylic acid groups (broad SMARTS) is 1. The molecule has 0 aromatic heterocycles. The van der Waals surface area contributed by atoms with Crippen LogP contribution in [0, 0.1) is 0 Å². The van der Waals surface area contributed by atoms with Gasteiger partial charge in [0, 0.05) is 17.3 Å². The number of nitrogens with zero attached hydrogens (tertiary/aromatic N) is 1. The molecule has 16 heavy (non-hydrogen) atoms. The van der Waals surface area contributed by atoms with Crippen LogP contribution in [-0.4, -0.2) is 23.7 Å². The standard InChI is InChI=1S/C12H14ClNO2/c1-2-10(12(15)16)14-7-6-8-9(13)4-3-5-11(8)14/h3-5,10H,2,6-7H2,1H3,(H,15,16). The Morgan fingerprint density at radius 2 is 2.38 bits per heavy atom. The van der Waals surface area contributed by atoms with E-state index in [-0.39, 0.29) is 0 Å². The molecule has 2 rings (SSSR count). The summed E-state index contributed by atoms with van der Waals surface area (Å²) in [4.78, 5) is 13.1.